The average Bonchev–Trinajstić information content (AvgIpc) is 3.61. The molecule has 0 unspecified atom stereocenters. The van der Waals surface area contributed by atoms with Crippen LogP contribution < -0.4 is 24.8 Å². The summed E-state index contributed by atoms with van der Waals surface area (Å²) in [5, 5.41) is 0. The van der Waals surface area contributed by atoms with E-state index in [1.807, 2.05) is 6.07 Å². The molecule has 0 heterocycles. The van der Waals surface area contributed by atoms with Crippen molar-refractivity contribution in [3.63, 3.8) is 0 Å². The molecule has 192 valence electrons. The van der Waals surface area contributed by atoms with Crippen LogP contribution in [0.3, 0.4) is 0 Å². The maximum atomic E-state index is 3.30. The van der Waals surface area contributed by atoms with Gasteiger partial charge in [0.2, 0.25) is 0 Å². The maximum absolute atomic E-state index is 3.30. The third-order valence-electron chi connectivity index (χ3n) is 6.33. The van der Waals surface area contributed by atoms with Crippen molar-refractivity contribution in [3.05, 3.63) is 155 Å². The molecule has 0 atom stereocenters. The molecule has 0 fully saturated rings. The van der Waals surface area contributed by atoms with E-state index in [0.29, 0.717) is 0 Å². The number of halogens is 2. The fraction of sp³-hybridized carbons (Fsp3) is 0.171. The van der Waals surface area contributed by atoms with Crippen LogP contribution >= 0.6 is 0 Å². The summed E-state index contributed by atoms with van der Waals surface area (Å²) in [6.07, 6.45) is 13.5. The van der Waals surface area contributed by atoms with Gasteiger partial charge in [0, 0.05) is 0 Å². The minimum absolute atomic E-state index is 0. The van der Waals surface area contributed by atoms with Crippen molar-refractivity contribution in [2.45, 2.75) is 39.0 Å². The summed E-state index contributed by atoms with van der Waals surface area (Å²) in [5.74, 6) is 0. The Kier molecular flexibility index (Phi) is 14.5. The van der Waals surface area contributed by atoms with Crippen LogP contribution in [-0.4, -0.2) is 3.21 Å². The molecule has 38 heavy (non-hydrogen) atoms. The van der Waals surface area contributed by atoms with E-state index in [0.717, 1.165) is 12.8 Å². The first-order valence-corrected chi connectivity index (χ1v) is 14.0. The number of hydrogen-bond acceptors (Lipinski definition) is 0. The molecular weight excluding hydrogens is 583 g/mol. The second-order valence-corrected chi connectivity index (χ2v) is 10.2. The predicted molar refractivity (Wildman–Crippen MR) is 150 cm³/mol. The van der Waals surface area contributed by atoms with Gasteiger partial charge in [-0.15, -0.1) is 12.0 Å². The smallest absolute Gasteiger partial charge is 0.0253 e. The number of unbranched alkanes of at least 4 members (excludes halogenated alkanes) is 1. The van der Waals surface area contributed by atoms with Crippen molar-refractivity contribution in [1.29, 1.82) is 0 Å². The van der Waals surface area contributed by atoms with E-state index in [-0.39, 0.29) is 24.8 Å². The summed E-state index contributed by atoms with van der Waals surface area (Å²) in [6, 6.07) is 39.2. The number of allylic oxidation sites excluding steroid dienone is 4. The van der Waals surface area contributed by atoms with Gasteiger partial charge in [0.15, 0.2) is 0 Å². The van der Waals surface area contributed by atoms with Gasteiger partial charge in [-0.1, -0.05) is 61.6 Å². The Morgan fingerprint density at radius 2 is 1.37 bits per heavy atom. The Hall–Kier alpha value is -2.31. The predicted octanol–water partition coefficient (Wildman–Crippen LogP) is 2.73. The maximum Gasteiger partial charge on any atom is -0.0253 e. The fourth-order valence-corrected chi connectivity index (χ4v) is 5.19. The molecule has 6 rings (SSSR count). The Bertz CT molecular complexity index is 1240. The number of rotatable bonds is 5. The second-order valence-electron chi connectivity index (χ2n) is 8.94. The summed E-state index contributed by atoms with van der Waals surface area (Å²) in [5.41, 5.74) is 9.65. The van der Waals surface area contributed by atoms with Crippen LogP contribution in [-0.2, 0) is 30.7 Å². The van der Waals surface area contributed by atoms with Crippen LogP contribution in [0.1, 0.15) is 54.9 Å². The van der Waals surface area contributed by atoms with E-state index in [1.165, 1.54) is 85.7 Å². The van der Waals surface area contributed by atoms with Gasteiger partial charge in [-0.25, -0.2) is 11.6 Å². The van der Waals surface area contributed by atoms with Crippen molar-refractivity contribution >= 4 is 3.21 Å². The van der Waals surface area contributed by atoms with Gasteiger partial charge in [-0.3, -0.25) is 6.08 Å². The second kappa shape index (κ2) is 17.3. The van der Waals surface area contributed by atoms with Crippen LogP contribution in [0.25, 0.3) is 11.1 Å². The Balaban J connectivity index is 0.000000200. The van der Waals surface area contributed by atoms with E-state index in [9.17, 15) is 0 Å². The molecule has 0 aliphatic heterocycles. The van der Waals surface area contributed by atoms with E-state index in [2.05, 4.69) is 128 Å². The first-order valence-electron chi connectivity index (χ1n) is 12.8. The molecule has 2 aliphatic rings. The van der Waals surface area contributed by atoms with Crippen molar-refractivity contribution in [2.75, 3.05) is 0 Å². The topological polar surface area (TPSA) is 0 Å². The van der Waals surface area contributed by atoms with Gasteiger partial charge in [0.25, 0.3) is 0 Å². The van der Waals surface area contributed by atoms with Gasteiger partial charge in [0.05, 0.1) is 0 Å². The van der Waals surface area contributed by atoms with Crippen LogP contribution in [0.5, 0.6) is 0 Å². The first-order chi connectivity index (χ1) is 17.8. The largest absolute Gasteiger partial charge is 0.179 e. The number of benzene rings is 4. The van der Waals surface area contributed by atoms with Crippen LogP contribution in [0, 0.1) is 12.1 Å². The monoisotopic (exact) mass is 612 g/mol. The minimum Gasteiger partial charge on any atom is -0.179 e. The van der Waals surface area contributed by atoms with Crippen molar-refractivity contribution < 1.29 is 49.0 Å². The normalized spacial score (nSPS) is 11.7. The summed E-state index contributed by atoms with van der Waals surface area (Å²) in [6.45, 7) is 2.23. The Labute approximate surface area is 256 Å². The van der Waals surface area contributed by atoms with Crippen molar-refractivity contribution in [1.82, 2.24) is 0 Å². The molecule has 0 nitrogen and oxygen atoms in total. The molecular formula is C35H32Cl2Zr-2. The zero-order valence-corrected chi connectivity index (χ0v) is 25.7. The van der Waals surface area contributed by atoms with E-state index < -0.39 is 0 Å². The molecule has 0 radical (unpaired) electrons. The molecule has 0 amide bonds. The molecule has 4 aromatic rings. The van der Waals surface area contributed by atoms with Crippen LogP contribution in [0.2, 0.25) is 0 Å². The number of fused-ring (bicyclic) bond motifs is 3. The summed E-state index contributed by atoms with van der Waals surface area (Å²) >= 11 is 1.46. The third kappa shape index (κ3) is 9.16. The van der Waals surface area contributed by atoms with Gasteiger partial charge in [-0.2, -0.15) is 35.9 Å². The summed E-state index contributed by atoms with van der Waals surface area (Å²) in [4.78, 5) is 0. The quantitative estimate of drug-likeness (QED) is 0.267. The molecule has 0 saturated heterocycles. The molecule has 0 saturated carbocycles. The fourth-order valence-electron chi connectivity index (χ4n) is 4.37. The van der Waals surface area contributed by atoms with E-state index >= 15 is 0 Å². The molecule has 3 heteroatoms. The van der Waals surface area contributed by atoms with Crippen molar-refractivity contribution in [3.8, 4) is 11.1 Å². The summed E-state index contributed by atoms with van der Waals surface area (Å²) < 4.78 is 1.42. The third-order valence-corrected chi connectivity index (χ3v) is 7.75. The minimum atomic E-state index is 0. The van der Waals surface area contributed by atoms with Crippen molar-refractivity contribution in [2.24, 2.45) is 0 Å². The zero-order valence-electron chi connectivity index (χ0n) is 21.8. The van der Waals surface area contributed by atoms with Gasteiger partial charge in [-0.05, 0) is 6.42 Å². The Morgan fingerprint density at radius 1 is 0.763 bits per heavy atom. The molecule has 0 N–H and O–H groups in total. The average molecular weight is 615 g/mol. The van der Waals surface area contributed by atoms with Gasteiger partial charge in [0.1, 0.15) is 0 Å². The Morgan fingerprint density at radius 3 is 1.97 bits per heavy atom. The van der Waals surface area contributed by atoms with Crippen LogP contribution in [0.4, 0.5) is 0 Å². The molecule has 0 bridgehead atoms. The summed E-state index contributed by atoms with van der Waals surface area (Å²) in [7, 11) is 0. The van der Waals surface area contributed by atoms with Crippen LogP contribution in [0.15, 0.2) is 121 Å². The number of hydrogen-bond donors (Lipinski definition) is 0. The van der Waals surface area contributed by atoms with E-state index in [1.54, 1.807) is 0 Å². The standard InChI is InChI=1S/C13H9.C13H10.C9H13.2ClH.Zr/c1-3-7-12-10(5-1)9-11-6-2-4-8-13(11)12;1-3-7-12(8-4-1)11-13-9-5-2-6-10-13;1-2-3-6-9-7-4-5-8-9;;;/h1-5,7-8H,9H2;1-10H;7-8H,2-4,6H2,1H3;2*1H;/q-1;;-1;;;+2/p-2. The van der Waals surface area contributed by atoms with Gasteiger partial charge < -0.3 is 24.8 Å². The SMILES string of the molecule is CCCCC1=CC[C-]=C1.[Cl-].[Cl-].[Zr+2]=[C](c1ccccc1)c1ccccc1.[c-]1cccc2c1Cc1ccccc1-2. The molecule has 0 spiro atoms. The first kappa shape index (κ1) is 31.9. The van der Waals surface area contributed by atoms with E-state index in [4.69, 9.17) is 0 Å². The zero-order chi connectivity index (χ0) is 25.0. The molecule has 2 aliphatic carbocycles. The molecule has 4 aromatic carbocycles. The molecule has 0 aromatic heterocycles. The van der Waals surface area contributed by atoms with Gasteiger partial charge >= 0.3 is 99.2 Å².